The number of hydrogen-bond acceptors (Lipinski definition) is 6. The van der Waals surface area contributed by atoms with Gasteiger partial charge in [0.15, 0.2) is 6.29 Å². The lowest BCUT2D eigenvalue weighted by atomic mass is 10.1. The highest BCUT2D eigenvalue weighted by Crippen LogP contribution is 2.14. The third-order valence-corrected chi connectivity index (χ3v) is 5.40. The van der Waals surface area contributed by atoms with E-state index in [0.29, 0.717) is 30.8 Å². The normalized spacial score (nSPS) is 11.8. The molecule has 0 unspecified atom stereocenters. The molecule has 6 nitrogen and oxygen atoms in total. The van der Waals surface area contributed by atoms with Crippen LogP contribution in [-0.2, 0) is 38.8 Å². The average molecular weight is 491 g/mol. The summed E-state index contributed by atoms with van der Waals surface area (Å²) in [6, 6.07) is 5.27. The second kappa shape index (κ2) is 21.3. The van der Waals surface area contributed by atoms with Crippen LogP contribution in [0.15, 0.2) is 42.5 Å². The van der Waals surface area contributed by atoms with Crippen LogP contribution in [0.25, 0.3) is 0 Å². The number of rotatable bonds is 21. The van der Waals surface area contributed by atoms with Gasteiger partial charge in [-0.2, -0.15) is 0 Å². The maximum Gasteiger partial charge on any atom is 0.306 e. The van der Waals surface area contributed by atoms with E-state index in [4.69, 9.17) is 14.2 Å². The highest BCUT2D eigenvalue weighted by Gasteiger charge is 2.14. The molecule has 0 radical (unpaired) electrons. The van der Waals surface area contributed by atoms with Crippen LogP contribution >= 0.6 is 0 Å². The van der Waals surface area contributed by atoms with Crippen molar-refractivity contribution in [2.45, 2.75) is 104 Å². The Morgan fingerprint density at radius 1 is 0.800 bits per heavy atom. The van der Waals surface area contributed by atoms with Gasteiger partial charge in [-0.05, 0) is 68.1 Å². The predicted molar refractivity (Wildman–Crippen MR) is 140 cm³/mol. The van der Waals surface area contributed by atoms with Crippen LogP contribution in [0.2, 0.25) is 0 Å². The Morgan fingerprint density at radius 2 is 1.31 bits per heavy atom. The van der Waals surface area contributed by atoms with Crippen LogP contribution in [0, 0.1) is 0 Å². The quantitative estimate of drug-likeness (QED) is 0.0933. The summed E-state index contributed by atoms with van der Waals surface area (Å²) < 4.78 is 17.3. The number of benzene rings is 1. The number of hydrogen-bond donors (Lipinski definition) is 2. The zero-order valence-corrected chi connectivity index (χ0v) is 21.8. The standard InChI is InChI=1S/C29H46O6/c1-3-5-7-9-11-13-17-33-29(34-18-14-12-10-8-6-4-2)16-15-28(32)35-24-27-20-25(22-30)19-26(21-27)23-31/h5-8,19-21,29-31H,3-4,9-18,22-24H2,1-2H3/b7-5-,8-6-. The Balaban J connectivity index is 2.44. The molecule has 0 saturated carbocycles. The van der Waals surface area contributed by atoms with Crippen molar-refractivity contribution in [3.63, 3.8) is 0 Å². The molecule has 6 heteroatoms. The fourth-order valence-corrected chi connectivity index (χ4v) is 3.52. The third-order valence-electron chi connectivity index (χ3n) is 5.40. The first kappa shape index (κ1) is 31.0. The molecule has 0 amide bonds. The molecule has 0 aliphatic carbocycles. The van der Waals surface area contributed by atoms with E-state index in [0.717, 1.165) is 56.9 Å². The average Bonchev–Trinajstić information content (AvgIpc) is 2.88. The number of carbonyl (C=O) groups excluding carboxylic acids is 1. The molecule has 1 aromatic rings. The summed E-state index contributed by atoms with van der Waals surface area (Å²) in [6.45, 7) is 5.32. The number of aliphatic hydroxyl groups is 2. The Hall–Kier alpha value is -1.99. The van der Waals surface area contributed by atoms with Crippen molar-refractivity contribution in [3.05, 3.63) is 59.2 Å². The minimum Gasteiger partial charge on any atom is -0.461 e. The first-order valence-corrected chi connectivity index (χ1v) is 13.1. The molecule has 0 aliphatic heterocycles. The monoisotopic (exact) mass is 490 g/mol. The third kappa shape index (κ3) is 16.3. The number of allylic oxidation sites excluding steroid dienone is 4. The molecular formula is C29H46O6. The van der Waals surface area contributed by atoms with Gasteiger partial charge >= 0.3 is 5.97 Å². The zero-order valence-electron chi connectivity index (χ0n) is 21.8. The first-order chi connectivity index (χ1) is 17.1. The van der Waals surface area contributed by atoms with E-state index in [1.165, 1.54) is 0 Å². The van der Waals surface area contributed by atoms with Crippen LogP contribution in [0.3, 0.4) is 0 Å². The van der Waals surface area contributed by atoms with Crippen LogP contribution < -0.4 is 0 Å². The van der Waals surface area contributed by atoms with E-state index < -0.39 is 6.29 Å². The number of carbonyl (C=O) groups is 1. The first-order valence-electron chi connectivity index (χ1n) is 13.1. The van der Waals surface area contributed by atoms with Crippen molar-refractivity contribution in [1.82, 2.24) is 0 Å². The predicted octanol–water partition coefficient (Wildman–Crippen LogP) is 6.13. The molecule has 0 aromatic heterocycles. The molecular weight excluding hydrogens is 444 g/mol. The molecule has 0 aliphatic rings. The Morgan fingerprint density at radius 3 is 1.80 bits per heavy atom. The van der Waals surface area contributed by atoms with Gasteiger partial charge < -0.3 is 24.4 Å². The summed E-state index contributed by atoms with van der Waals surface area (Å²) >= 11 is 0. The number of ether oxygens (including phenoxy) is 3. The number of aliphatic hydroxyl groups excluding tert-OH is 2. The lowest BCUT2D eigenvalue weighted by Crippen LogP contribution is -2.21. The summed E-state index contributed by atoms with van der Waals surface area (Å²) in [4.78, 5) is 12.3. The second-order valence-electron chi connectivity index (χ2n) is 8.60. The van der Waals surface area contributed by atoms with Crippen molar-refractivity contribution in [2.24, 2.45) is 0 Å². The van der Waals surface area contributed by atoms with Crippen molar-refractivity contribution in [1.29, 1.82) is 0 Å². The highest BCUT2D eigenvalue weighted by atomic mass is 16.7. The molecule has 0 spiro atoms. The van der Waals surface area contributed by atoms with Gasteiger partial charge in [-0.15, -0.1) is 0 Å². The number of unbranched alkanes of at least 4 members (excludes halogenated alkanes) is 4. The van der Waals surface area contributed by atoms with E-state index in [2.05, 4.69) is 38.2 Å². The van der Waals surface area contributed by atoms with Crippen LogP contribution in [0.1, 0.15) is 94.7 Å². The van der Waals surface area contributed by atoms with Crippen molar-refractivity contribution in [3.8, 4) is 0 Å². The maximum absolute atomic E-state index is 12.3. The van der Waals surface area contributed by atoms with Gasteiger partial charge in [0, 0.05) is 19.6 Å². The maximum atomic E-state index is 12.3. The second-order valence-corrected chi connectivity index (χ2v) is 8.60. The van der Waals surface area contributed by atoms with Gasteiger partial charge in [-0.1, -0.05) is 56.4 Å². The molecule has 1 rings (SSSR count). The van der Waals surface area contributed by atoms with E-state index >= 15 is 0 Å². The Bertz CT molecular complexity index is 682. The minimum atomic E-state index is -0.418. The summed E-state index contributed by atoms with van der Waals surface area (Å²) in [5.41, 5.74) is 2.10. The summed E-state index contributed by atoms with van der Waals surface area (Å²) in [5, 5.41) is 18.7. The molecule has 198 valence electrons. The van der Waals surface area contributed by atoms with Crippen molar-refractivity contribution >= 4 is 5.97 Å². The van der Waals surface area contributed by atoms with Crippen molar-refractivity contribution < 1.29 is 29.2 Å². The zero-order chi connectivity index (χ0) is 25.6. The largest absolute Gasteiger partial charge is 0.461 e. The molecule has 0 atom stereocenters. The highest BCUT2D eigenvalue weighted by molar-refractivity contribution is 5.69. The smallest absolute Gasteiger partial charge is 0.306 e. The molecule has 1 aromatic carbocycles. The Kier molecular flexibility index (Phi) is 18.9. The van der Waals surface area contributed by atoms with Gasteiger partial charge in [-0.25, -0.2) is 0 Å². The van der Waals surface area contributed by atoms with E-state index in [-0.39, 0.29) is 32.2 Å². The fraction of sp³-hybridized carbons (Fsp3) is 0.621. The summed E-state index contributed by atoms with van der Waals surface area (Å²) in [5.74, 6) is -0.323. The lowest BCUT2D eigenvalue weighted by Gasteiger charge is -2.18. The van der Waals surface area contributed by atoms with Gasteiger partial charge in [0.1, 0.15) is 6.61 Å². The van der Waals surface area contributed by atoms with Crippen LogP contribution in [0.5, 0.6) is 0 Å². The fourth-order valence-electron chi connectivity index (χ4n) is 3.52. The molecule has 0 heterocycles. The van der Waals surface area contributed by atoms with Gasteiger partial charge in [0.25, 0.3) is 0 Å². The van der Waals surface area contributed by atoms with E-state index in [1.54, 1.807) is 18.2 Å². The SMILES string of the molecule is CC/C=C\CCCCOC(CCC(=O)OCc1cc(CO)cc(CO)c1)OCCCC/C=C\CC. The van der Waals surface area contributed by atoms with E-state index in [1.807, 2.05) is 0 Å². The number of esters is 1. The lowest BCUT2D eigenvalue weighted by molar-refractivity contribution is -0.160. The van der Waals surface area contributed by atoms with Crippen LogP contribution in [0.4, 0.5) is 0 Å². The molecule has 35 heavy (non-hydrogen) atoms. The molecule has 0 bridgehead atoms. The minimum absolute atomic E-state index is 0.0998. The van der Waals surface area contributed by atoms with Gasteiger partial charge in [0.05, 0.1) is 19.6 Å². The van der Waals surface area contributed by atoms with Gasteiger partial charge in [0.2, 0.25) is 0 Å². The summed E-state index contributed by atoms with van der Waals surface area (Å²) in [7, 11) is 0. The van der Waals surface area contributed by atoms with Crippen LogP contribution in [-0.4, -0.2) is 35.7 Å². The summed E-state index contributed by atoms with van der Waals surface area (Å²) in [6.07, 6.45) is 17.3. The molecule has 0 saturated heterocycles. The van der Waals surface area contributed by atoms with Gasteiger partial charge in [-0.3, -0.25) is 4.79 Å². The molecule has 2 N–H and O–H groups in total. The Labute approximate surface area is 212 Å². The van der Waals surface area contributed by atoms with Crippen molar-refractivity contribution in [2.75, 3.05) is 13.2 Å². The topological polar surface area (TPSA) is 85.2 Å². The molecule has 0 fully saturated rings. The van der Waals surface area contributed by atoms with E-state index in [9.17, 15) is 15.0 Å².